The lowest BCUT2D eigenvalue weighted by molar-refractivity contribution is -0.121. The Morgan fingerprint density at radius 2 is 2.13 bits per heavy atom. The lowest BCUT2D eigenvalue weighted by atomic mass is 10.2. The molecule has 3 amide bonds. The number of hydrogen-bond acceptors (Lipinski definition) is 4. The number of fused-ring (bicyclic) bond motifs is 1. The van der Waals surface area contributed by atoms with E-state index in [1.807, 2.05) is 42.2 Å². The zero-order valence-electron chi connectivity index (χ0n) is 13.3. The topological polar surface area (TPSA) is 74.6 Å². The van der Waals surface area contributed by atoms with Gasteiger partial charge in [-0.15, -0.1) is 6.58 Å². The van der Waals surface area contributed by atoms with Gasteiger partial charge in [0, 0.05) is 11.9 Å². The number of nitrogens with one attached hydrogen (secondary N) is 2. The average molecular weight is 315 g/mol. The first-order valence-corrected chi connectivity index (χ1v) is 7.38. The van der Waals surface area contributed by atoms with Crippen molar-refractivity contribution in [3.63, 3.8) is 0 Å². The van der Waals surface area contributed by atoms with E-state index in [1.165, 1.54) is 0 Å². The van der Waals surface area contributed by atoms with Crippen molar-refractivity contribution < 1.29 is 14.0 Å². The molecule has 1 heterocycles. The van der Waals surface area contributed by atoms with Crippen LogP contribution in [0.25, 0.3) is 11.0 Å². The largest absolute Gasteiger partial charge is 0.459 e. The fraction of sp³-hybridized carbons (Fsp3) is 0.294. The van der Waals surface area contributed by atoms with Crippen molar-refractivity contribution in [2.24, 2.45) is 0 Å². The third-order valence-electron chi connectivity index (χ3n) is 3.57. The average Bonchev–Trinajstić information content (AvgIpc) is 2.95. The molecule has 1 unspecified atom stereocenters. The molecular weight excluding hydrogens is 294 g/mol. The van der Waals surface area contributed by atoms with Crippen molar-refractivity contribution in [3.8, 4) is 0 Å². The highest BCUT2D eigenvalue weighted by molar-refractivity contribution is 5.95. The Labute approximate surface area is 135 Å². The molecule has 6 nitrogen and oxygen atoms in total. The molecule has 0 aliphatic heterocycles. The first kappa shape index (κ1) is 16.8. The van der Waals surface area contributed by atoms with E-state index < -0.39 is 6.03 Å². The van der Waals surface area contributed by atoms with Crippen LogP contribution in [0.4, 0.5) is 4.79 Å². The van der Waals surface area contributed by atoms with Crippen molar-refractivity contribution in [1.29, 1.82) is 0 Å². The minimum atomic E-state index is -0.528. The number of para-hydroxylation sites is 1. The maximum atomic E-state index is 11.9. The Morgan fingerprint density at radius 1 is 1.39 bits per heavy atom. The number of carbonyl (C=O) groups excluding carboxylic acids is 2. The summed E-state index contributed by atoms with van der Waals surface area (Å²) in [5.74, 6) is 0.398. The summed E-state index contributed by atoms with van der Waals surface area (Å²) in [4.78, 5) is 25.1. The smallest absolute Gasteiger partial charge is 0.321 e. The van der Waals surface area contributed by atoms with Gasteiger partial charge < -0.3 is 9.73 Å². The number of carbonyl (C=O) groups is 2. The number of hydrogen-bond donors (Lipinski definition) is 2. The van der Waals surface area contributed by atoms with Crippen LogP contribution in [0.2, 0.25) is 0 Å². The van der Waals surface area contributed by atoms with E-state index in [0.717, 1.165) is 16.7 Å². The van der Waals surface area contributed by atoms with Gasteiger partial charge >= 0.3 is 6.03 Å². The summed E-state index contributed by atoms with van der Waals surface area (Å²) >= 11 is 0. The molecule has 2 N–H and O–H groups in total. The normalized spacial score (nSPS) is 12.1. The van der Waals surface area contributed by atoms with Crippen LogP contribution in [0.3, 0.4) is 0 Å². The van der Waals surface area contributed by atoms with Crippen LogP contribution in [0, 0.1) is 0 Å². The van der Waals surface area contributed by atoms with Gasteiger partial charge in [-0.25, -0.2) is 4.79 Å². The summed E-state index contributed by atoms with van der Waals surface area (Å²) in [5.41, 5.74) is 0.816. The molecule has 0 radical (unpaired) electrons. The number of benzene rings is 1. The van der Waals surface area contributed by atoms with Crippen LogP contribution in [-0.2, 0) is 4.79 Å². The monoisotopic (exact) mass is 315 g/mol. The number of nitrogens with zero attached hydrogens (tertiary/aromatic N) is 1. The Morgan fingerprint density at radius 3 is 2.83 bits per heavy atom. The summed E-state index contributed by atoms with van der Waals surface area (Å²) < 4.78 is 5.80. The lowest BCUT2D eigenvalue weighted by Gasteiger charge is -2.22. The number of imide groups is 1. The predicted octanol–water partition coefficient (Wildman–Crippen LogP) is 2.44. The fourth-order valence-corrected chi connectivity index (χ4v) is 2.16. The second kappa shape index (κ2) is 7.60. The number of amides is 3. The van der Waals surface area contributed by atoms with Crippen LogP contribution in [0.5, 0.6) is 0 Å². The van der Waals surface area contributed by atoms with Gasteiger partial charge in [0.15, 0.2) is 0 Å². The quantitative estimate of drug-likeness (QED) is 0.803. The van der Waals surface area contributed by atoms with Gasteiger partial charge in [-0.05, 0) is 26.1 Å². The molecule has 1 aromatic carbocycles. The van der Waals surface area contributed by atoms with Crippen molar-refractivity contribution in [3.05, 3.63) is 48.7 Å². The molecule has 0 spiro atoms. The zero-order valence-corrected chi connectivity index (χ0v) is 13.3. The molecule has 2 aromatic rings. The maximum Gasteiger partial charge on any atom is 0.321 e. The molecule has 6 heteroatoms. The van der Waals surface area contributed by atoms with Gasteiger partial charge in [0.2, 0.25) is 5.91 Å². The van der Waals surface area contributed by atoms with E-state index in [-0.39, 0.29) is 18.5 Å². The van der Waals surface area contributed by atoms with Gasteiger partial charge in [-0.2, -0.15) is 0 Å². The zero-order chi connectivity index (χ0) is 16.8. The summed E-state index contributed by atoms with van der Waals surface area (Å²) in [5, 5.41) is 5.78. The van der Waals surface area contributed by atoms with Gasteiger partial charge in [0.1, 0.15) is 11.3 Å². The number of furan rings is 1. The van der Waals surface area contributed by atoms with Crippen LogP contribution in [0.15, 0.2) is 47.4 Å². The lowest BCUT2D eigenvalue weighted by Crippen LogP contribution is -2.44. The third-order valence-corrected chi connectivity index (χ3v) is 3.57. The number of rotatable bonds is 6. The van der Waals surface area contributed by atoms with Gasteiger partial charge in [0.25, 0.3) is 0 Å². The summed E-state index contributed by atoms with van der Waals surface area (Å²) in [6, 6.07) is 9.09. The molecule has 1 atom stereocenters. The van der Waals surface area contributed by atoms with Gasteiger partial charge in [0.05, 0.1) is 12.6 Å². The molecule has 0 aliphatic carbocycles. The minimum Gasteiger partial charge on any atom is -0.459 e. The Bertz CT molecular complexity index is 675. The predicted molar refractivity (Wildman–Crippen MR) is 89.0 cm³/mol. The molecule has 0 saturated carbocycles. The SMILES string of the molecule is C=CCNC(=O)NC(=O)CN(C)C(C)c1cc2ccccc2o1. The van der Waals surface area contributed by atoms with Crippen molar-refractivity contribution in [2.75, 3.05) is 20.1 Å². The molecule has 2 rings (SSSR count). The van der Waals surface area contributed by atoms with Crippen molar-refractivity contribution in [1.82, 2.24) is 15.5 Å². The molecule has 0 fully saturated rings. The van der Waals surface area contributed by atoms with Gasteiger partial charge in [-0.3, -0.25) is 15.0 Å². The highest BCUT2D eigenvalue weighted by Crippen LogP contribution is 2.26. The Kier molecular flexibility index (Phi) is 5.54. The molecule has 122 valence electrons. The van der Waals surface area contributed by atoms with E-state index in [2.05, 4.69) is 17.2 Å². The van der Waals surface area contributed by atoms with Crippen LogP contribution >= 0.6 is 0 Å². The molecule has 23 heavy (non-hydrogen) atoms. The standard InChI is InChI=1S/C17H21N3O3/c1-4-9-18-17(22)19-16(21)11-20(3)12(2)15-10-13-7-5-6-8-14(13)23-15/h4-8,10,12H,1,9,11H2,2-3H3,(H2,18,19,21,22). The number of urea groups is 1. The molecule has 0 bridgehead atoms. The van der Waals surface area contributed by atoms with Crippen LogP contribution in [0.1, 0.15) is 18.7 Å². The van der Waals surface area contributed by atoms with Crippen molar-refractivity contribution in [2.45, 2.75) is 13.0 Å². The van der Waals surface area contributed by atoms with E-state index in [4.69, 9.17) is 4.42 Å². The highest BCUT2D eigenvalue weighted by atomic mass is 16.3. The first-order valence-electron chi connectivity index (χ1n) is 7.38. The molecule has 0 saturated heterocycles. The van der Waals surface area contributed by atoms with E-state index >= 15 is 0 Å². The maximum absolute atomic E-state index is 11.9. The molecule has 1 aromatic heterocycles. The molecular formula is C17H21N3O3. The van der Waals surface area contributed by atoms with Gasteiger partial charge in [-0.1, -0.05) is 24.3 Å². The second-order valence-corrected chi connectivity index (χ2v) is 5.32. The number of likely N-dealkylation sites (N-methyl/N-ethyl adjacent to an activating group) is 1. The highest BCUT2D eigenvalue weighted by Gasteiger charge is 2.19. The molecule has 0 aliphatic rings. The van der Waals surface area contributed by atoms with E-state index in [0.29, 0.717) is 6.54 Å². The van der Waals surface area contributed by atoms with E-state index in [9.17, 15) is 9.59 Å². The van der Waals surface area contributed by atoms with Crippen LogP contribution in [-0.4, -0.2) is 37.0 Å². The van der Waals surface area contributed by atoms with E-state index in [1.54, 1.807) is 13.1 Å². The summed E-state index contributed by atoms with van der Waals surface area (Å²) in [6.07, 6.45) is 1.54. The first-order chi connectivity index (χ1) is 11.0. The Balaban J connectivity index is 1.93. The third kappa shape index (κ3) is 4.43. The summed E-state index contributed by atoms with van der Waals surface area (Å²) in [6.45, 7) is 5.83. The minimum absolute atomic E-state index is 0.0831. The second-order valence-electron chi connectivity index (χ2n) is 5.32. The Hall–Kier alpha value is -2.60. The summed E-state index contributed by atoms with van der Waals surface area (Å²) in [7, 11) is 1.80. The fourth-order valence-electron chi connectivity index (χ4n) is 2.16. The van der Waals surface area contributed by atoms with Crippen LogP contribution < -0.4 is 10.6 Å². The van der Waals surface area contributed by atoms with Crippen molar-refractivity contribution >= 4 is 22.9 Å².